The first kappa shape index (κ1) is 15.4. The second-order valence-corrected chi connectivity index (χ2v) is 5.12. The lowest BCUT2D eigenvalue weighted by atomic mass is 10.1. The first-order chi connectivity index (χ1) is 9.99. The number of phenolic OH excluding ortho intramolecular Hbond substituents is 1. The molecule has 0 bridgehead atoms. The Morgan fingerprint density at radius 1 is 1.14 bits per heavy atom. The van der Waals surface area contributed by atoms with Crippen molar-refractivity contribution in [2.24, 2.45) is 5.10 Å². The van der Waals surface area contributed by atoms with Crippen LogP contribution in [-0.2, 0) is 0 Å². The van der Waals surface area contributed by atoms with E-state index in [4.69, 9.17) is 23.2 Å². The molecule has 21 heavy (non-hydrogen) atoms. The number of nitrogens with one attached hydrogen (secondary N) is 1. The van der Waals surface area contributed by atoms with Gasteiger partial charge in [-0.25, -0.2) is 5.43 Å². The molecule has 0 radical (unpaired) electrons. The fourth-order valence-corrected chi connectivity index (χ4v) is 2.10. The smallest absolute Gasteiger partial charge is 0.272 e. The Bertz CT molecular complexity index is 715. The van der Waals surface area contributed by atoms with Crippen LogP contribution in [0, 0.1) is 0 Å². The summed E-state index contributed by atoms with van der Waals surface area (Å²) >= 11 is 11.7. The maximum atomic E-state index is 12.0. The Balaban J connectivity index is 2.17. The van der Waals surface area contributed by atoms with Gasteiger partial charge < -0.3 is 5.11 Å². The standard InChI is InChI=1S/C15H12Cl2N2O2/c1-9(11-7-6-10(16)8-14(11)20)18-19-15(21)12-4-2-3-5-13(12)17/h2-8,20H,1H3,(H,19,21). The van der Waals surface area contributed by atoms with Gasteiger partial charge in [-0.2, -0.15) is 5.10 Å². The predicted octanol–water partition coefficient (Wildman–Crippen LogP) is 3.85. The van der Waals surface area contributed by atoms with Crippen LogP contribution >= 0.6 is 23.2 Å². The lowest BCUT2D eigenvalue weighted by Gasteiger charge is -2.06. The summed E-state index contributed by atoms with van der Waals surface area (Å²) in [5, 5.41) is 14.5. The second kappa shape index (κ2) is 6.61. The summed E-state index contributed by atoms with van der Waals surface area (Å²) in [4.78, 5) is 12.0. The van der Waals surface area contributed by atoms with Gasteiger partial charge in [0.05, 0.1) is 16.3 Å². The van der Waals surface area contributed by atoms with Crippen LogP contribution in [0.5, 0.6) is 5.75 Å². The second-order valence-electron chi connectivity index (χ2n) is 4.28. The lowest BCUT2D eigenvalue weighted by molar-refractivity contribution is 0.0955. The molecule has 0 atom stereocenters. The number of hydrazone groups is 1. The number of rotatable bonds is 3. The molecule has 0 fully saturated rings. The quantitative estimate of drug-likeness (QED) is 0.666. The monoisotopic (exact) mass is 322 g/mol. The molecule has 4 nitrogen and oxygen atoms in total. The molecule has 0 aromatic heterocycles. The van der Waals surface area contributed by atoms with Crippen LogP contribution < -0.4 is 5.43 Å². The molecular weight excluding hydrogens is 311 g/mol. The number of carbonyl (C=O) groups is 1. The van der Waals surface area contributed by atoms with Gasteiger partial charge in [0, 0.05) is 10.6 Å². The van der Waals surface area contributed by atoms with Crippen LogP contribution in [0.1, 0.15) is 22.8 Å². The summed E-state index contributed by atoms with van der Waals surface area (Å²) in [6, 6.07) is 11.3. The molecule has 0 heterocycles. The fourth-order valence-electron chi connectivity index (χ4n) is 1.71. The van der Waals surface area contributed by atoms with E-state index >= 15 is 0 Å². The van der Waals surface area contributed by atoms with Crippen LogP contribution in [0.2, 0.25) is 10.0 Å². The Kier molecular flexibility index (Phi) is 4.83. The Morgan fingerprint density at radius 3 is 2.52 bits per heavy atom. The Labute approximate surface area is 132 Å². The normalized spacial score (nSPS) is 11.3. The van der Waals surface area contributed by atoms with E-state index in [1.54, 1.807) is 43.3 Å². The van der Waals surface area contributed by atoms with Crippen molar-refractivity contribution in [1.82, 2.24) is 5.43 Å². The van der Waals surface area contributed by atoms with Crippen molar-refractivity contribution in [2.45, 2.75) is 6.92 Å². The van der Waals surface area contributed by atoms with Crippen molar-refractivity contribution < 1.29 is 9.90 Å². The number of phenols is 1. The van der Waals surface area contributed by atoms with Crippen LogP contribution in [0.15, 0.2) is 47.6 Å². The Hall–Kier alpha value is -2.04. The van der Waals surface area contributed by atoms with Gasteiger partial charge in [0.2, 0.25) is 0 Å². The van der Waals surface area contributed by atoms with Crippen molar-refractivity contribution in [3.8, 4) is 5.75 Å². The van der Waals surface area contributed by atoms with Crippen molar-refractivity contribution in [3.05, 3.63) is 63.6 Å². The summed E-state index contributed by atoms with van der Waals surface area (Å²) in [7, 11) is 0. The minimum atomic E-state index is -0.423. The van der Waals surface area contributed by atoms with Crippen molar-refractivity contribution >= 4 is 34.8 Å². The van der Waals surface area contributed by atoms with Gasteiger partial charge in [-0.05, 0) is 37.3 Å². The van der Waals surface area contributed by atoms with Gasteiger partial charge in [-0.15, -0.1) is 0 Å². The minimum absolute atomic E-state index is 0.00394. The van der Waals surface area contributed by atoms with E-state index in [2.05, 4.69) is 10.5 Å². The van der Waals surface area contributed by atoms with Crippen molar-refractivity contribution in [2.75, 3.05) is 0 Å². The van der Waals surface area contributed by atoms with Crippen LogP contribution in [-0.4, -0.2) is 16.7 Å². The molecule has 0 unspecified atom stereocenters. The molecule has 0 aliphatic heterocycles. The summed E-state index contributed by atoms with van der Waals surface area (Å²) < 4.78 is 0. The third kappa shape index (κ3) is 3.74. The van der Waals surface area contributed by atoms with Gasteiger partial charge >= 0.3 is 0 Å². The summed E-state index contributed by atoms with van der Waals surface area (Å²) in [5.74, 6) is -0.427. The van der Waals surface area contributed by atoms with Gasteiger partial charge in [0.15, 0.2) is 0 Å². The zero-order chi connectivity index (χ0) is 15.4. The molecule has 0 saturated heterocycles. The number of amides is 1. The SMILES string of the molecule is CC(=NNC(=O)c1ccccc1Cl)c1ccc(Cl)cc1O. The molecule has 108 valence electrons. The number of hydrogen-bond donors (Lipinski definition) is 2. The lowest BCUT2D eigenvalue weighted by Crippen LogP contribution is -2.19. The Morgan fingerprint density at radius 2 is 1.86 bits per heavy atom. The summed E-state index contributed by atoms with van der Waals surface area (Å²) in [6.07, 6.45) is 0. The predicted molar refractivity (Wildman–Crippen MR) is 84.2 cm³/mol. The molecule has 0 saturated carbocycles. The molecule has 6 heteroatoms. The highest BCUT2D eigenvalue weighted by Crippen LogP contribution is 2.22. The average molecular weight is 323 g/mol. The number of halogens is 2. The van der Waals surface area contributed by atoms with Gasteiger partial charge in [0.25, 0.3) is 5.91 Å². The van der Waals surface area contributed by atoms with E-state index in [1.165, 1.54) is 6.07 Å². The van der Waals surface area contributed by atoms with Crippen molar-refractivity contribution in [1.29, 1.82) is 0 Å². The number of aromatic hydroxyl groups is 1. The van der Waals surface area contributed by atoms with E-state index in [0.29, 0.717) is 26.9 Å². The van der Waals surface area contributed by atoms with Crippen LogP contribution in [0.4, 0.5) is 0 Å². The first-order valence-corrected chi connectivity index (χ1v) is 6.82. The molecule has 0 aliphatic carbocycles. The molecule has 2 N–H and O–H groups in total. The largest absolute Gasteiger partial charge is 0.507 e. The van der Waals surface area contributed by atoms with E-state index in [-0.39, 0.29) is 5.75 Å². The van der Waals surface area contributed by atoms with Crippen LogP contribution in [0.3, 0.4) is 0 Å². The van der Waals surface area contributed by atoms with E-state index in [1.807, 2.05) is 0 Å². The summed E-state index contributed by atoms with van der Waals surface area (Å²) in [5.41, 5.74) is 3.66. The highest BCUT2D eigenvalue weighted by molar-refractivity contribution is 6.33. The molecule has 0 spiro atoms. The third-order valence-electron chi connectivity index (χ3n) is 2.79. The number of benzene rings is 2. The minimum Gasteiger partial charge on any atom is -0.507 e. The first-order valence-electron chi connectivity index (χ1n) is 6.07. The van der Waals surface area contributed by atoms with E-state index < -0.39 is 5.91 Å². The molecule has 2 aromatic rings. The average Bonchev–Trinajstić information content (AvgIpc) is 2.45. The summed E-state index contributed by atoms with van der Waals surface area (Å²) in [6.45, 7) is 1.66. The molecule has 2 rings (SSSR count). The number of nitrogens with zero attached hydrogens (tertiary/aromatic N) is 1. The molecule has 2 aromatic carbocycles. The van der Waals surface area contributed by atoms with Crippen molar-refractivity contribution in [3.63, 3.8) is 0 Å². The number of hydrogen-bond acceptors (Lipinski definition) is 3. The molecule has 0 aliphatic rings. The highest BCUT2D eigenvalue weighted by Gasteiger charge is 2.10. The van der Waals surface area contributed by atoms with E-state index in [0.717, 1.165) is 0 Å². The van der Waals surface area contributed by atoms with Gasteiger partial charge in [0.1, 0.15) is 5.75 Å². The topological polar surface area (TPSA) is 61.7 Å². The number of carbonyl (C=O) groups excluding carboxylic acids is 1. The molecule has 1 amide bonds. The zero-order valence-corrected chi connectivity index (χ0v) is 12.6. The maximum Gasteiger partial charge on any atom is 0.272 e. The molecular formula is C15H12Cl2N2O2. The zero-order valence-electron chi connectivity index (χ0n) is 11.1. The van der Waals surface area contributed by atoms with E-state index in [9.17, 15) is 9.90 Å². The van der Waals surface area contributed by atoms with Gasteiger partial charge in [-0.1, -0.05) is 35.3 Å². The van der Waals surface area contributed by atoms with Crippen LogP contribution in [0.25, 0.3) is 0 Å². The highest BCUT2D eigenvalue weighted by atomic mass is 35.5. The fraction of sp³-hybridized carbons (Fsp3) is 0.0667. The third-order valence-corrected chi connectivity index (χ3v) is 3.36. The van der Waals surface area contributed by atoms with Gasteiger partial charge in [-0.3, -0.25) is 4.79 Å². The maximum absolute atomic E-state index is 12.0.